The number of benzene rings is 2. The number of alkyl halides is 3. The molecule has 0 aliphatic carbocycles. The lowest BCUT2D eigenvalue weighted by atomic mass is 10.1. The van der Waals surface area contributed by atoms with Crippen LogP contribution in [0.15, 0.2) is 54.1 Å². The highest BCUT2D eigenvalue weighted by molar-refractivity contribution is 6.10. The molecule has 1 N–H and O–H groups in total. The first-order chi connectivity index (χ1) is 12.2. The van der Waals surface area contributed by atoms with Crippen LogP contribution in [-0.2, 0) is 11.0 Å². The maximum absolute atomic E-state index is 12.9. The Hall–Kier alpha value is -3.67. The van der Waals surface area contributed by atoms with Crippen molar-refractivity contribution in [2.45, 2.75) is 6.18 Å². The zero-order chi connectivity index (χ0) is 19.3. The average Bonchev–Trinajstić information content (AvgIpc) is 2.59. The van der Waals surface area contributed by atoms with Crippen LogP contribution in [0, 0.1) is 21.4 Å². The molecule has 0 saturated heterocycles. The maximum Gasteiger partial charge on any atom is 0.418 e. The first kappa shape index (κ1) is 18.7. The Morgan fingerprint density at radius 3 is 2.31 bits per heavy atom. The van der Waals surface area contributed by atoms with Crippen LogP contribution >= 0.6 is 0 Å². The fourth-order valence-corrected chi connectivity index (χ4v) is 2.04. The Morgan fingerprint density at radius 2 is 1.77 bits per heavy atom. The standard InChI is InChI=1S/C17H10F3N3O3/c18-17(19,20)14-3-1-2-4-15(14)22-16(24)12(10-21)9-11-5-7-13(8-6-11)23(25)26/h1-9H,(H,22,24). The predicted molar refractivity (Wildman–Crippen MR) is 86.8 cm³/mol. The third kappa shape index (κ3) is 4.45. The molecule has 2 aromatic rings. The first-order valence-corrected chi connectivity index (χ1v) is 7.06. The molecule has 2 rings (SSSR count). The topological polar surface area (TPSA) is 96.0 Å². The molecule has 1 amide bonds. The minimum atomic E-state index is -4.67. The van der Waals surface area contributed by atoms with Crippen LogP contribution < -0.4 is 5.32 Å². The summed E-state index contributed by atoms with van der Waals surface area (Å²) in [5.41, 5.74) is -1.83. The van der Waals surface area contributed by atoms with E-state index in [2.05, 4.69) is 5.32 Å². The zero-order valence-electron chi connectivity index (χ0n) is 12.9. The zero-order valence-corrected chi connectivity index (χ0v) is 12.9. The van der Waals surface area contributed by atoms with Crippen molar-refractivity contribution < 1.29 is 22.9 Å². The highest BCUT2D eigenvalue weighted by atomic mass is 19.4. The van der Waals surface area contributed by atoms with Crippen molar-refractivity contribution in [1.82, 2.24) is 0 Å². The third-order valence-corrected chi connectivity index (χ3v) is 3.26. The summed E-state index contributed by atoms with van der Waals surface area (Å²) in [6.07, 6.45) is -3.55. The summed E-state index contributed by atoms with van der Waals surface area (Å²) >= 11 is 0. The van der Waals surface area contributed by atoms with Crippen LogP contribution in [0.1, 0.15) is 11.1 Å². The van der Waals surface area contributed by atoms with Crippen LogP contribution in [0.5, 0.6) is 0 Å². The van der Waals surface area contributed by atoms with Gasteiger partial charge in [0.05, 0.1) is 16.2 Å². The minimum Gasteiger partial charge on any atom is -0.321 e. The van der Waals surface area contributed by atoms with Gasteiger partial charge in [-0.05, 0) is 35.9 Å². The SMILES string of the molecule is N#CC(=Cc1ccc([N+](=O)[O-])cc1)C(=O)Nc1ccccc1C(F)(F)F. The molecule has 0 aliphatic heterocycles. The summed E-state index contributed by atoms with van der Waals surface area (Å²) in [6, 6.07) is 11.0. The summed E-state index contributed by atoms with van der Waals surface area (Å²) in [7, 11) is 0. The fourth-order valence-electron chi connectivity index (χ4n) is 2.04. The van der Waals surface area contributed by atoms with Gasteiger partial charge in [-0.2, -0.15) is 18.4 Å². The van der Waals surface area contributed by atoms with Crippen molar-refractivity contribution in [3.63, 3.8) is 0 Å². The fraction of sp³-hybridized carbons (Fsp3) is 0.0588. The van der Waals surface area contributed by atoms with Crippen molar-refractivity contribution in [2.75, 3.05) is 5.32 Å². The number of halogens is 3. The Morgan fingerprint density at radius 1 is 1.15 bits per heavy atom. The lowest BCUT2D eigenvalue weighted by Gasteiger charge is -2.13. The second-order valence-corrected chi connectivity index (χ2v) is 5.02. The normalized spacial score (nSPS) is 11.5. The van der Waals surface area contributed by atoms with Gasteiger partial charge in [-0.3, -0.25) is 14.9 Å². The smallest absolute Gasteiger partial charge is 0.321 e. The lowest BCUT2D eigenvalue weighted by Crippen LogP contribution is -2.17. The second kappa shape index (κ2) is 7.48. The number of hydrogen-bond acceptors (Lipinski definition) is 4. The Bertz CT molecular complexity index is 913. The molecule has 0 radical (unpaired) electrons. The number of nitriles is 1. The molecule has 0 fully saturated rings. The van der Waals surface area contributed by atoms with Gasteiger partial charge in [0.15, 0.2) is 0 Å². The average molecular weight is 361 g/mol. The van der Waals surface area contributed by atoms with Crippen molar-refractivity contribution in [2.24, 2.45) is 0 Å². The molecule has 0 saturated carbocycles. The molecule has 132 valence electrons. The Balaban J connectivity index is 2.28. The predicted octanol–water partition coefficient (Wildman–Crippen LogP) is 4.16. The summed E-state index contributed by atoms with van der Waals surface area (Å²) in [5.74, 6) is -1.03. The molecule has 0 spiro atoms. The molecule has 2 aromatic carbocycles. The number of rotatable bonds is 4. The van der Waals surface area contributed by atoms with E-state index in [-0.39, 0.29) is 5.69 Å². The summed E-state index contributed by atoms with van der Waals surface area (Å²) in [6.45, 7) is 0. The number of nitro groups is 1. The molecule has 0 bridgehead atoms. The second-order valence-electron chi connectivity index (χ2n) is 5.02. The van der Waals surface area contributed by atoms with Gasteiger partial charge in [0.25, 0.3) is 11.6 Å². The molecule has 0 aromatic heterocycles. The van der Waals surface area contributed by atoms with Gasteiger partial charge < -0.3 is 5.32 Å². The van der Waals surface area contributed by atoms with Gasteiger partial charge in [0, 0.05) is 12.1 Å². The van der Waals surface area contributed by atoms with Gasteiger partial charge in [-0.15, -0.1) is 0 Å². The number of non-ortho nitro benzene ring substituents is 1. The van der Waals surface area contributed by atoms with Crippen LogP contribution in [0.2, 0.25) is 0 Å². The lowest BCUT2D eigenvalue weighted by molar-refractivity contribution is -0.384. The number of anilines is 1. The number of nitro benzene ring substituents is 1. The highest BCUT2D eigenvalue weighted by Crippen LogP contribution is 2.34. The van der Waals surface area contributed by atoms with E-state index in [0.29, 0.717) is 5.56 Å². The van der Waals surface area contributed by atoms with E-state index in [1.165, 1.54) is 36.4 Å². The van der Waals surface area contributed by atoms with Crippen molar-refractivity contribution in [1.29, 1.82) is 5.26 Å². The van der Waals surface area contributed by atoms with E-state index in [0.717, 1.165) is 18.2 Å². The van der Waals surface area contributed by atoms with Gasteiger partial charge in [0.1, 0.15) is 11.6 Å². The molecule has 0 atom stereocenters. The maximum atomic E-state index is 12.9. The van der Waals surface area contributed by atoms with Crippen LogP contribution in [0.25, 0.3) is 6.08 Å². The van der Waals surface area contributed by atoms with E-state index >= 15 is 0 Å². The van der Waals surface area contributed by atoms with Crippen molar-refractivity contribution in [3.05, 3.63) is 75.3 Å². The Labute approximate surface area is 145 Å². The van der Waals surface area contributed by atoms with Gasteiger partial charge in [0.2, 0.25) is 0 Å². The number of hydrogen-bond donors (Lipinski definition) is 1. The van der Waals surface area contributed by atoms with Gasteiger partial charge in [-0.25, -0.2) is 0 Å². The Kier molecular flexibility index (Phi) is 5.37. The molecular formula is C17H10F3N3O3. The molecule has 0 aliphatic rings. The van der Waals surface area contributed by atoms with Crippen LogP contribution in [0.3, 0.4) is 0 Å². The van der Waals surface area contributed by atoms with Crippen molar-refractivity contribution >= 4 is 23.4 Å². The van der Waals surface area contributed by atoms with E-state index in [1.54, 1.807) is 6.07 Å². The van der Waals surface area contributed by atoms with Crippen LogP contribution in [0.4, 0.5) is 24.5 Å². The molecule has 0 heterocycles. The van der Waals surface area contributed by atoms with E-state index in [9.17, 15) is 28.1 Å². The number of para-hydroxylation sites is 1. The largest absolute Gasteiger partial charge is 0.418 e. The van der Waals surface area contributed by atoms with Crippen molar-refractivity contribution in [3.8, 4) is 6.07 Å². The molecular weight excluding hydrogens is 351 g/mol. The molecule has 9 heteroatoms. The number of carbonyl (C=O) groups excluding carboxylic acids is 1. The molecule has 26 heavy (non-hydrogen) atoms. The first-order valence-electron chi connectivity index (χ1n) is 7.06. The summed E-state index contributed by atoms with van der Waals surface area (Å²) in [5, 5.41) is 21.8. The summed E-state index contributed by atoms with van der Waals surface area (Å²) < 4.78 is 38.8. The van der Waals surface area contributed by atoms with E-state index in [4.69, 9.17) is 5.26 Å². The number of amides is 1. The number of nitrogens with one attached hydrogen (secondary N) is 1. The number of nitrogens with zero attached hydrogens (tertiary/aromatic N) is 2. The third-order valence-electron chi connectivity index (χ3n) is 3.26. The molecule has 6 nitrogen and oxygen atoms in total. The number of carbonyl (C=O) groups is 1. The van der Waals surface area contributed by atoms with E-state index < -0.39 is 33.8 Å². The monoisotopic (exact) mass is 361 g/mol. The van der Waals surface area contributed by atoms with Crippen LogP contribution in [-0.4, -0.2) is 10.8 Å². The van der Waals surface area contributed by atoms with Gasteiger partial charge >= 0.3 is 6.18 Å². The van der Waals surface area contributed by atoms with Gasteiger partial charge in [-0.1, -0.05) is 12.1 Å². The quantitative estimate of drug-likeness (QED) is 0.383. The van der Waals surface area contributed by atoms with E-state index in [1.807, 2.05) is 0 Å². The summed E-state index contributed by atoms with van der Waals surface area (Å²) in [4.78, 5) is 22.1. The minimum absolute atomic E-state index is 0.177. The highest BCUT2D eigenvalue weighted by Gasteiger charge is 2.33. The molecule has 0 unspecified atom stereocenters.